The molecule has 1 fully saturated rings. The zero-order valence-corrected chi connectivity index (χ0v) is 19.8. The fourth-order valence-corrected chi connectivity index (χ4v) is 4.15. The number of carboxylic acid groups (broad SMARTS) is 1. The molecular weight excluding hydrogens is 471 g/mol. The number of carbonyl (C=O) groups is 3. The molecular formula is C23H28F3N3O6. The van der Waals surface area contributed by atoms with E-state index in [2.05, 4.69) is 5.16 Å². The summed E-state index contributed by atoms with van der Waals surface area (Å²) in [5, 5.41) is 11.9. The van der Waals surface area contributed by atoms with E-state index in [9.17, 15) is 27.6 Å². The zero-order chi connectivity index (χ0) is 26.0. The van der Waals surface area contributed by atoms with Crippen molar-refractivity contribution in [2.75, 3.05) is 19.7 Å². The standard InChI is InChI=1S/C23H28F3N3O6/c1-4-7-14-16(10-9-15-18(14)35-27-19(15)23(24,25)26)34-13-6-12-29-21(33)28(11-5-8-17(30)31)20(32)22(29,2)3/h9-10H,4-8,11-13H2,1-3H3,(H,30,31). The van der Waals surface area contributed by atoms with E-state index in [0.29, 0.717) is 30.6 Å². The number of halogens is 3. The van der Waals surface area contributed by atoms with Crippen LogP contribution in [0.15, 0.2) is 16.7 Å². The lowest BCUT2D eigenvalue weighted by Gasteiger charge is -2.27. The van der Waals surface area contributed by atoms with Gasteiger partial charge in [0.2, 0.25) is 0 Å². The first-order chi connectivity index (χ1) is 16.4. The van der Waals surface area contributed by atoms with Crippen LogP contribution in [0.1, 0.15) is 57.7 Å². The summed E-state index contributed by atoms with van der Waals surface area (Å²) >= 11 is 0. The van der Waals surface area contributed by atoms with Crippen LogP contribution in [0, 0.1) is 0 Å². The number of hydrogen-bond donors (Lipinski definition) is 1. The number of rotatable bonds is 11. The second-order valence-corrected chi connectivity index (χ2v) is 8.85. The van der Waals surface area contributed by atoms with E-state index in [0.717, 1.165) is 4.90 Å². The summed E-state index contributed by atoms with van der Waals surface area (Å²) in [4.78, 5) is 38.7. The number of amides is 3. The third kappa shape index (κ3) is 5.35. The van der Waals surface area contributed by atoms with E-state index >= 15 is 0 Å². The van der Waals surface area contributed by atoms with Gasteiger partial charge in [-0.3, -0.25) is 14.5 Å². The zero-order valence-electron chi connectivity index (χ0n) is 19.8. The molecule has 0 unspecified atom stereocenters. The Kier molecular flexibility index (Phi) is 7.61. The van der Waals surface area contributed by atoms with E-state index in [4.69, 9.17) is 14.4 Å². The van der Waals surface area contributed by atoms with E-state index in [1.54, 1.807) is 13.8 Å². The maximum Gasteiger partial charge on any atom is 0.437 e. The minimum Gasteiger partial charge on any atom is -0.493 e. The molecule has 0 aliphatic carbocycles. The second-order valence-electron chi connectivity index (χ2n) is 8.85. The minimum absolute atomic E-state index is 0.0257. The highest BCUT2D eigenvalue weighted by atomic mass is 19.4. The molecule has 1 aliphatic heterocycles. The molecule has 1 saturated heterocycles. The van der Waals surface area contributed by atoms with Crippen LogP contribution >= 0.6 is 0 Å². The van der Waals surface area contributed by atoms with Crippen LogP contribution in [-0.4, -0.2) is 63.2 Å². The number of carbonyl (C=O) groups excluding carboxylic acids is 2. The van der Waals surface area contributed by atoms with Gasteiger partial charge in [0.25, 0.3) is 5.91 Å². The van der Waals surface area contributed by atoms with Crippen LogP contribution in [-0.2, 0) is 22.2 Å². The van der Waals surface area contributed by atoms with Gasteiger partial charge in [0, 0.05) is 25.1 Å². The molecule has 3 amide bonds. The summed E-state index contributed by atoms with van der Waals surface area (Å²) in [5.41, 5.74) is -1.63. The minimum atomic E-state index is -4.63. The molecule has 35 heavy (non-hydrogen) atoms. The number of benzene rings is 1. The smallest absolute Gasteiger partial charge is 0.437 e. The van der Waals surface area contributed by atoms with Crippen molar-refractivity contribution in [2.24, 2.45) is 0 Å². The number of alkyl halides is 3. The Hall–Kier alpha value is -3.31. The quantitative estimate of drug-likeness (QED) is 0.358. The van der Waals surface area contributed by atoms with Crippen LogP contribution in [0.5, 0.6) is 5.75 Å². The van der Waals surface area contributed by atoms with E-state index in [1.165, 1.54) is 17.0 Å². The first kappa shape index (κ1) is 26.3. The molecule has 3 rings (SSSR count). The number of imide groups is 1. The number of hydrogen-bond acceptors (Lipinski definition) is 6. The Morgan fingerprint density at radius 3 is 2.54 bits per heavy atom. The summed E-state index contributed by atoms with van der Waals surface area (Å²) in [7, 11) is 0. The van der Waals surface area contributed by atoms with Gasteiger partial charge < -0.3 is 19.3 Å². The summed E-state index contributed by atoms with van der Waals surface area (Å²) in [6.45, 7) is 5.51. The number of urea groups is 1. The first-order valence-electron chi connectivity index (χ1n) is 11.4. The van der Waals surface area contributed by atoms with Gasteiger partial charge >= 0.3 is 18.2 Å². The molecule has 1 aromatic carbocycles. The lowest BCUT2D eigenvalue weighted by Crippen LogP contribution is -2.44. The van der Waals surface area contributed by atoms with Gasteiger partial charge in [0.05, 0.1) is 12.0 Å². The molecule has 9 nitrogen and oxygen atoms in total. The third-order valence-electron chi connectivity index (χ3n) is 5.93. The predicted octanol–water partition coefficient (Wildman–Crippen LogP) is 4.48. The first-order valence-corrected chi connectivity index (χ1v) is 11.4. The fourth-order valence-electron chi connectivity index (χ4n) is 4.15. The molecule has 0 atom stereocenters. The molecule has 0 spiro atoms. The number of nitrogens with zero attached hydrogens (tertiary/aromatic N) is 3. The number of carboxylic acids is 1. The number of aliphatic carboxylic acids is 1. The highest BCUT2D eigenvalue weighted by Crippen LogP contribution is 2.38. The molecule has 12 heteroatoms. The van der Waals surface area contributed by atoms with Crippen molar-refractivity contribution in [3.05, 3.63) is 23.4 Å². The van der Waals surface area contributed by atoms with Crippen LogP contribution in [0.4, 0.5) is 18.0 Å². The molecule has 1 aromatic heterocycles. The number of fused-ring (bicyclic) bond motifs is 1. The van der Waals surface area contributed by atoms with Crippen molar-refractivity contribution in [1.29, 1.82) is 0 Å². The fraction of sp³-hybridized carbons (Fsp3) is 0.565. The van der Waals surface area contributed by atoms with Crippen LogP contribution in [0.2, 0.25) is 0 Å². The van der Waals surface area contributed by atoms with Gasteiger partial charge in [-0.05, 0) is 45.2 Å². The Morgan fingerprint density at radius 2 is 1.91 bits per heavy atom. The monoisotopic (exact) mass is 499 g/mol. The van der Waals surface area contributed by atoms with E-state index in [1.807, 2.05) is 6.92 Å². The Labute approximate surface area is 199 Å². The predicted molar refractivity (Wildman–Crippen MR) is 118 cm³/mol. The lowest BCUT2D eigenvalue weighted by molar-refractivity contribution is -0.141. The maximum atomic E-state index is 13.2. The maximum absolute atomic E-state index is 13.2. The van der Waals surface area contributed by atoms with Gasteiger partial charge in [-0.1, -0.05) is 18.5 Å². The largest absolute Gasteiger partial charge is 0.493 e. The molecule has 192 valence electrons. The summed E-state index contributed by atoms with van der Waals surface area (Å²) in [5.74, 6) is -1.02. The van der Waals surface area contributed by atoms with Crippen molar-refractivity contribution in [3.63, 3.8) is 0 Å². The van der Waals surface area contributed by atoms with Crippen molar-refractivity contribution in [1.82, 2.24) is 15.0 Å². The van der Waals surface area contributed by atoms with Crippen LogP contribution in [0.3, 0.4) is 0 Å². The van der Waals surface area contributed by atoms with Gasteiger partial charge in [0.1, 0.15) is 11.3 Å². The second kappa shape index (κ2) is 10.1. The van der Waals surface area contributed by atoms with Crippen molar-refractivity contribution >= 4 is 28.9 Å². The van der Waals surface area contributed by atoms with Crippen molar-refractivity contribution in [2.45, 2.75) is 64.6 Å². The van der Waals surface area contributed by atoms with Crippen LogP contribution in [0.25, 0.3) is 11.0 Å². The highest BCUT2D eigenvalue weighted by molar-refractivity contribution is 6.06. The molecule has 0 bridgehead atoms. The normalized spacial score (nSPS) is 15.9. The summed E-state index contributed by atoms with van der Waals surface area (Å²) in [6, 6.07) is 2.24. The average molecular weight is 499 g/mol. The highest BCUT2D eigenvalue weighted by Gasteiger charge is 2.50. The number of aromatic nitrogens is 1. The average Bonchev–Trinajstić information content (AvgIpc) is 3.27. The number of ether oxygens (including phenoxy) is 1. The molecule has 0 saturated carbocycles. The molecule has 2 aromatic rings. The van der Waals surface area contributed by atoms with Crippen LogP contribution < -0.4 is 4.74 Å². The van der Waals surface area contributed by atoms with E-state index < -0.39 is 35.3 Å². The Bertz CT molecular complexity index is 1110. The van der Waals surface area contributed by atoms with Gasteiger partial charge in [-0.2, -0.15) is 13.2 Å². The van der Waals surface area contributed by atoms with Gasteiger partial charge in [0.15, 0.2) is 11.3 Å². The van der Waals surface area contributed by atoms with Gasteiger partial charge in [-0.15, -0.1) is 0 Å². The Balaban J connectivity index is 1.66. The summed E-state index contributed by atoms with van der Waals surface area (Å²) < 4.78 is 50.4. The van der Waals surface area contributed by atoms with Crippen molar-refractivity contribution < 1.29 is 41.9 Å². The van der Waals surface area contributed by atoms with E-state index in [-0.39, 0.29) is 43.5 Å². The van der Waals surface area contributed by atoms with Gasteiger partial charge in [-0.25, -0.2) is 4.79 Å². The van der Waals surface area contributed by atoms with Crippen molar-refractivity contribution in [3.8, 4) is 5.75 Å². The SMILES string of the molecule is CCCc1c(OCCCN2C(=O)N(CCCC(=O)O)C(=O)C2(C)C)ccc2c(C(F)(F)F)noc12. The lowest BCUT2D eigenvalue weighted by atomic mass is 10.0. The molecule has 1 N–H and O–H groups in total. The number of aryl methyl sites for hydroxylation is 1. The topological polar surface area (TPSA) is 113 Å². The molecule has 1 aliphatic rings. The summed E-state index contributed by atoms with van der Waals surface area (Å²) in [6.07, 6.45) is -3.18. The molecule has 2 heterocycles. The Morgan fingerprint density at radius 1 is 1.20 bits per heavy atom. The molecule has 0 radical (unpaired) electrons. The third-order valence-corrected chi connectivity index (χ3v) is 5.93.